The third kappa shape index (κ3) is 3.05. The Hall–Kier alpha value is -1.94. The molecule has 0 fully saturated rings. The average molecular weight is 265 g/mol. The van der Waals surface area contributed by atoms with E-state index in [1.165, 1.54) is 24.4 Å². The fourth-order valence-corrected chi connectivity index (χ4v) is 1.69. The molecule has 0 aliphatic heterocycles. The number of rotatable bonds is 2. The zero-order valence-corrected chi connectivity index (χ0v) is 10.3. The van der Waals surface area contributed by atoms with Gasteiger partial charge in [0, 0.05) is 16.9 Å². The minimum absolute atomic E-state index is 0.185. The van der Waals surface area contributed by atoms with Gasteiger partial charge in [0.2, 0.25) is 0 Å². The highest BCUT2D eigenvalue weighted by atomic mass is 35.5. The molecular formula is C13H10ClFN2O. The summed E-state index contributed by atoms with van der Waals surface area (Å²) in [4.78, 5) is 15.7. The Morgan fingerprint density at radius 1 is 1.33 bits per heavy atom. The van der Waals surface area contributed by atoms with Crippen LogP contribution in [-0.4, -0.2) is 10.9 Å². The van der Waals surface area contributed by atoms with Crippen LogP contribution in [0.2, 0.25) is 5.02 Å². The number of pyridine rings is 1. The van der Waals surface area contributed by atoms with Crippen LogP contribution in [0, 0.1) is 12.7 Å². The Morgan fingerprint density at radius 3 is 2.78 bits per heavy atom. The molecule has 0 aliphatic rings. The van der Waals surface area contributed by atoms with Crippen LogP contribution in [0.1, 0.15) is 16.1 Å². The molecule has 92 valence electrons. The van der Waals surface area contributed by atoms with Gasteiger partial charge in [-0.05, 0) is 42.8 Å². The van der Waals surface area contributed by atoms with Crippen molar-refractivity contribution in [3.05, 3.63) is 58.6 Å². The van der Waals surface area contributed by atoms with Gasteiger partial charge in [-0.1, -0.05) is 11.6 Å². The predicted molar refractivity (Wildman–Crippen MR) is 68.3 cm³/mol. The summed E-state index contributed by atoms with van der Waals surface area (Å²) < 4.78 is 13.2. The first-order chi connectivity index (χ1) is 8.54. The maximum atomic E-state index is 13.2. The van der Waals surface area contributed by atoms with E-state index in [9.17, 15) is 9.18 Å². The first-order valence-corrected chi connectivity index (χ1v) is 5.62. The highest BCUT2D eigenvalue weighted by molar-refractivity contribution is 6.30. The van der Waals surface area contributed by atoms with E-state index in [4.69, 9.17) is 11.6 Å². The number of carbonyl (C=O) groups excluding carboxylic acids is 1. The smallest absolute Gasteiger partial charge is 0.274 e. The molecule has 1 aromatic carbocycles. The van der Waals surface area contributed by atoms with E-state index in [1.807, 2.05) is 0 Å². The lowest BCUT2D eigenvalue weighted by Gasteiger charge is -2.06. The van der Waals surface area contributed by atoms with Crippen LogP contribution in [0.4, 0.5) is 10.1 Å². The second-order valence-electron chi connectivity index (χ2n) is 3.83. The van der Waals surface area contributed by atoms with E-state index in [0.29, 0.717) is 10.7 Å². The molecule has 2 rings (SSSR count). The van der Waals surface area contributed by atoms with Crippen LogP contribution in [0.5, 0.6) is 0 Å². The van der Waals surface area contributed by atoms with Crippen molar-refractivity contribution in [2.75, 3.05) is 5.32 Å². The molecule has 2 aromatic rings. The second-order valence-corrected chi connectivity index (χ2v) is 4.27. The Balaban J connectivity index is 2.21. The van der Waals surface area contributed by atoms with E-state index in [0.717, 1.165) is 5.56 Å². The standard InChI is InChI=1S/C13H10ClFN2O/c1-8-4-10(15)7-11(5-8)17-13(18)12-6-9(14)2-3-16-12/h2-7H,1H3,(H,17,18). The summed E-state index contributed by atoms with van der Waals surface area (Å²) in [7, 11) is 0. The number of carbonyl (C=O) groups is 1. The summed E-state index contributed by atoms with van der Waals surface area (Å²) in [5.41, 5.74) is 1.30. The van der Waals surface area contributed by atoms with Gasteiger partial charge in [0.05, 0.1) is 0 Å². The van der Waals surface area contributed by atoms with Crippen molar-refractivity contribution >= 4 is 23.2 Å². The molecule has 0 saturated heterocycles. The van der Waals surface area contributed by atoms with Crippen LogP contribution in [-0.2, 0) is 0 Å². The van der Waals surface area contributed by atoms with E-state index < -0.39 is 11.7 Å². The molecule has 0 unspecified atom stereocenters. The number of hydrogen-bond acceptors (Lipinski definition) is 2. The summed E-state index contributed by atoms with van der Waals surface area (Å²) in [6.45, 7) is 1.75. The van der Waals surface area contributed by atoms with E-state index in [1.54, 1.807) is 19.1 Å². The van der Waals surface area contributed by atoms with Crippen molar-refractivity contribution in [3.63, 3.8) is 0 Å². The Morgan fingerprint density at radius 2 is 2.11 bits per heavy atom. The quantitative estimate of drug-likeness (QED) is 0.903. The van der Waals surface area contributed by atoms with Gasteiger partial charge in [-0.3, -0.25) is 9.78 Å². The fraction of sp³-hybridized carbons (Fsp3) is 0.0769. The van der Waals surface area contributed by atoms with Crippen molar-refractivity contribution in [1.82, 2.24) is 4.98 Å². The first-order valence-electron chi connectivity index (χ1n) is 5.25. The van der Waals surface area contributed by atoms with Crippen molar-refractivity contribution in [2.45, 2.75) is 6.92 Å². The zero-order valence-electron chi connectivity index (χ0n) is 9.58. The Kier molecular flexibility index (Phi) is 3.58. The van der Waals surface area contributed by atoms with E-state index >= 15 is 0 Å². The number of nitrogens with one attached hydrogen (secondary N) is 1. The topological polar surface area (TPSA) is 42.0 Å². The molecule has 5 heteroatoms. The molecule has 0 bridgehead atoms. The molecule has 18 heavy (non-hydrogen) atoms. The highest BCUT2D eigenvalue weighted by Gasteiger charge is 2.08. The Labute approximate surface area is 109 Å². The van der Waals surface area contributed by atoms with Crippen molar-refractivity contribution < 1.29 is 9.18 Å². The number of anilines is 1. The third-order valence-electron chi connectivity index (χ3n) is 2.25. The van der Waals surface area contributed by atoms with E-state index in [2.05, 4.69) is 10.3 Å². The summed E-state index contributed by atoms with van der Waals surface area (Å²) >= 11 is 5.76. The molecule has 0 aliphatic carbocycles. The van der Waals surface area contributed by atoms with Crippen LogP contribution in [0.15, 0.2) is 36.5 Å². The maximum Gasteiger partial charge on any atom is 0.274 e. The number of hydrogen-bond donors (Lipinski definition) is 1. The molecule has 1 aromatic heterocycles. The minimum atomic E-state index is -0.428. The molecule has 0 radical (unpaired) electrons. The molecule has 0 spiro atoms. The number of nitrogens with zero attached hydrogens (tertiary/aromatic N) is 1. The molecule has 0 saturated carbocycles. The number of aryl methyl sites for hydroxylation is 1. The van der Waals surface area contributed by atoms with E-state index in [-0.39, 0.29) is 5.69 Å². The predicted octanol–water partition coefficient (Wildman–Crippen LogP) is 3.43. The van der Waals surface area contributed by atoms with Gasteiger partial charge >= 0.3 is 0 Å². The zero-order chi connectivity index (χ0) is 13.1. The van der Waals surface area contributed by atoms with Crippen molar-refractivity contribution in [3.8, 4) is 0 Å². The number of amides is 1. The highest BCUT2D eigenvalue weighted by Crippen LogP contribution is 2.15. The molecule has 3 nitrogen and oxygen atoms in total. The van der Waals surface area contributed by atoms with Gasteiger partial charge in [0.1, 0.15) is 11.5 Å². The Bertz CT molecular complexity index is 581. The normalized spacial score (nSPS) is 10.2. The van der Waals surface area contributed by atoms with Gasteiger partial charge in [0.15, 0.2) is 0 Å². The second kappa shape index (κ2) is 5.14. The van der Waals surface area contributed by atoms with Gasteiger partial charge in [0.25, 0.3) is 5.91 Å². The largest absolute Gasteiger partial charge is 0.321 e. The van der Waals surface area contributed by atoms with Crippen molar-refractivity contribution in [2.24, 2.45) is 0 Å². The number of benzene rings is 1. The summed E-state index contributed by atoms with van der Waals surface area (Å²) in [5, 5.41) is 2.99. The van der Waals surface area contributed by atoms with Gasteiger partial charge < -0.3 is 5.32 Å². The lowest BCUT2D eigenvalue weighted by atomic mass is 10.2. The molecule has 0 atom stereocenters. The van der Waals surface area contributed by atoms with Crippen molar-refractivity contribution in [1.29, 1.82) is 0 Å². The van der Waals surface area contributed by atoms with Crippen LogP contribution >= 0.6 is 11.6 Å². The molecule has 1 N–H and O–H groups in total. The van der Waals surface area contributed by atoms with Crippen LogP contribution < -0.4 is 5.32 Å². The first kappa shape index (κ1) is 12.5. The van der Waals surface area contributed by atoms with Gasteiger partial charge in [-0.25, -0.2) is 4.39 Å². The summed E-state index contributed by atoms with van der Waals surface area (Å²) in [6.07, 6.45) is 1.44. The lowest BCUT2D eigenvalue weighted by molar-refractivity contribution is 0.102. The fourth-order valence-electron chi connectivity index (χ4n) is 1.53. The maximum absolute atomic E-state index is 13.2. The lowest BCUT2D eigenvalue weighted by Crippen LogP contribution is -2.13. The molecule has 1 heterocycles. The van der Waals surface area contributed by atoms with Gasteiger partial charge in [-0.15, -0.1) is 0 Å². The average Bonchev–Trinajstić information content (AvgIpc) is 2.27. The van der Waals surface area contributed by atoms with Crippen LogP contribution in [0.25, 0.3) is 0 Å². The molecular weight excluding hydrogens is 255 g/mol. The third-order valence-corrected chi connectivity index (χ3v) is 2.49. The number of aromatic nitrogens is 1. The molecule has 1 amide bonds. The summed E-state index contributed by atoms with van der Waals surface area (Å²) in [5.74, 6) is -0.827. The monoisotopic (exact) mass is 264 g/mol. The SMILES string of the molecule is Cc1cc(F)cc(NC(=O)c2cc(Cl)ccn2)c1. The minimum Gasteiger partial charge on any atom is -0.321 e. The number of halogens is 2. The van der Waals surface area contributed by atoms with Crippen LogP contribution in [0.3, 0.4) is 0 Å². The summed E-state index contributed by atoms with van der Waals surface area (Å²) in [6, 6.07) is 7.32. The van der Waals surface area contributed by atoms with Gasteiger partial charge in [-0.2, -0.15) is 0 Å².